The van der Waals surface area contributed by atoms with Crippen LogP contribution >= 0.6 is 0 Å². The Labute approximate surface area is 318 Å². The van der Waals surface area contributed by atoms with Crippen molar-refractivity contribution in [2.75, 3.05) is 0 Å². The molecule has 0 spiro atoms. The lowest BCUT2D eigenvalue weighted by Gasteiger charge is -2.44. The zero-order chi connectivity index (χ0) is 36.8. The highest BCUT2D eigenvalue weighted by molar-refractivity contribution is 5.45. The number of phenolic OH excluding ortho intramolecular Hbond substituents is 4. The van der Waals surface area contributed by atoms with E-state index in [0.717, 1.165) is 55.3 Å². The van der Waals surface area contributed by atoms with Gasteiger partial charge >= 0.3 is 0 Å². The Morgan fingerprint density at radius 3 is 0.906 bits per heavy atom. The summed E-state index contributed by atoms with van der Waals surface area (Å²) in [5.74, 6) is 5.79. The van der Waals surface area contributed by atoms with Crippen LogP contribution in [-0.2, 0) is 10.8 Å². The smallest absolute Gasteiger partial charge is 0.115 e. The molecule has 0 heterocycles. The number of phenols is 4. The summed E-state index contributed by atoms with van der Waals surface area (Å²) in [6.45, 7) is 2.40. The van der Waals surface area contributed by atoms with Crippen molar-refractivity contribution in [3.63, 3.8) is 0 Å². The first kappa shape index (κ1) is 37.4. The Kier molecular flexibility index (Phi) is 11.7. The monoisotopic (exact) mass is 714 g/mol. The van der Waals surface area contributed by atoms with Crippen molar-refractivity contribution in [2.45, 2.75) is 127 Å². The predicted molar refractivity (Wildman–Crippen MR) is 216 cm³/mol. The second-order valence-corrected chi connectivity index (χ2v) is 17.4. The molecule has 4 nitrogen and oxygen atoms in total. The summed E-state index contributed by atoms with van der Waals surface area (Å²) in [4.78, 5) is 0. The molecule has 4 N–H and O–H groups in total. The molecule has 0 bridgehead atoms. The molecule has 282 valence electrons. The van der Waals surface area contributed by atoms with Crippen LogP contribution < -0.4 is 0 Å². The molecule has 4 fully saturated rings. The van der Waals surface area contributed by atoms with Crippen LogP contribution in [0.1, 0.15) is 138 Å². The van der Waals surface area contributed by atoms with E-state index in [1.165, 1.54) is 106 Å². The minimum atomic E-state index is -0.000140. The van der Waals surface area contributed by atoms with Gasteiger partial charge in [0.2, 0.25) is 0 Å². The first-order valence-corrected chi connectivity index (χ1v) is 20.9. The van der Waals surface area contributed by atoms with E-state index in [4.69, 9.17) is 0 Å². The molecule has 4 aromatic carbocycles. The second-order valence-electron chi connectivity index (χ2n) is 17.4. The molecule has 0 atom stereocenters. The molecule has 4 aromatic rings. The van der Waals surface area contributed by atoms with Crippen molar-refractivity contribution in [1.82, 2.24) is 0 Å². The fourth-order valence-corrected chi connectivity index (χ4v) is 11.2. The van der Waals surface area contributed by atoms with Crippen molar-refractivity contribution in [3.8, 4) is 23.0 Å². The lowest BCUT2D eigenvalue weighted by molar-refractivity contribution is 0.147. The molecular weight excluding hydrogens is 653 g/mol. The fourth-order valence-electron chi connectivity index (χ4n) is 11.2. The van der Waals surface area contributed by atoms with Crippen molar-refractivity contribution in [2.24, 2.45) is 29.6 Å². The summed E-state index contributed by atoms with van der Waals surface area (Å²) in [6.07, 6.45) is 22.5. The van der Waals surface area contributed by atoms with Gasteiger partial charge in [-0.25, -0.2) is 0 Å². The van der Waals surface area contributed by atoms with Gasteiger partial charge in [0, 0.05) is 10.8 Å². The number of aromatic hydroxyl groups is 4. The van der Waals surface area contributed by atoms with E-state index < -0.39 is 0 Å². The third kappa shape index (κ3) is 8.43. The van der Waals surface area contributed by atoms with Crippen LogP contribution in [-0.4, -0.2) is 20.4 Å². The molecule has 4 heteroatoms. The van der Waals surface area contributed by atoms with E-state index in [0.29, 0.717) is 23.0 Å². The number of benzene rings is 4. The summed E-state index contributed by atoms with van der Waals surface area (Å²) < 4.78 is 0. The van der Waals surface area contributed by atoms with E-state index in [2.05, 4.69) is 55.5 Å². The number of rotatable bonds is 6. The zero-order valence-corrected chi connectivity index (χ0v) is 31.9. The van der Waals surface area contributed by atoms with Gasteiger partial charge in [0.25, 0.3) is 0 Å². The van der Waals surface area contributed by atoms with E-state index in [-0.39, 0.29) is 10.8 Å². The molecule has 0 saturated heterocycles. The molecule has 0 aliphatic heterocycles. The third-order valence-corrected chi connectivity index (χ3v) is 14.5. The summed E-state index contributed by atoms with van der Waals surface area (Å²) in [6, 6.07) is 31.2. The lowest BCUT2D eigenvalue weighted by atomic mass is 9.60. The Balaban J connectivity index is 0.000000164. The van der Waals surface area contributed by atoms with Gasteiger partial charge in [0.05, 0.1) is 0 Å². The van der Waals surface area contributed by atoms with Gasteiger partial charge in [-0.15, -0.1) is 0 Å². The fraction of sp³-hybridized carbons (Fsp3) is 0.510. The van der Waals surface area contributed by atoms with Gasteiger partial charge in [-0.1, -0.05) is 100 Å². The van der Waals surface area contributed by atoms with Gasteiger partial charge < -0.3 is 20.4 Å². The maximum atomic E-state index is 9.75. The van der Waals surface area contributed by atoms with Crippen molar-refractivity contribution in [1.29, 1.82) is 0 Å². The lowest BCUT2D eigenvalue weighted by Crippen LogP contribution is -2.35. The van der Waals surface area contributed by atoms with Crippen LogP contribution in [0.5, 0.6) is 23.0 Å². The maximum Gasteiger partial charge on any atom is 0.115 e. The maximum absolute atomic E-state index is 9.75. The minimum Gasteiger partial charge on any atom is -0.508 e. The molecule has 0 unspecified atom stereocenters. The molecule has 0 aromatic heterocycles. The topological polar surface area (TPSA) is 80.9 Å². The number of hydrogen-bond donors (Lipinski definition) is 4. The average molecular weight is 715 g/mol. The molecule has 8 rings (SSSR count). The second kappa shape index (κ2) is 16.6. The van der Waals surface area contributed by atoms with Gasteiger partial charge in [-0.2, -0.15) is 0 Å². The van der Waals surface area contributed by atoms with Gasteiger partial charge in [-0.05, 0) is 165 Å². The quantitative estimate of drug-likeness (QED) is 0.160. The van der Waals surface area contributed by atoms with Gasteiger partial charge in [0.15, 0.2) is 0 Å². The number of hydrogen-bond acceptors (Lipinski definition) is 4. The molecule has 4 aliphatic carbocycles. The largest absolute Gasteiger partial charge is 0.508 e. The van der Waals surface area contributed by atoms with E-state index >= 15 is 0 Å². The van der Waals surface area contributed by atoms with Crippen molar-refractivity contribution in [3.05, 3.63) is 119 Å². The first-order chi connectivity index (χ1) is 25.7. The standard InChI is InChI=1S/C25H32O2.C24H30O2/c1-18-2-4-19(5-3-18)20-14-16-25(17-15-20,21-6-10-23(26)11-7-21)22-8-12-24(27)13-9-22;25-22-10-6-20(7-11-22)24(21-8-12-23(26)13-9-21)16-14-19(15-17-24)18-4-2-1-3-5-18/h6-13,18-20,26-27H,2-5,14-17H2,1H3;6-13,18-19,25-26H,1-5,14-17H2/t18-,19-;. The predicted octanol–water partition coefficient (Wildman–Crippen LogP) is 12.6. The summed E-state index contributed by atoms with van der Waals surface area (Å²) in [5, 5.41) is 38.9. The van der Waals surface area contributed by atoms with Crippen molar-refractivity contribution < 1.29 is 20.4 Å². The highest BCUT2D eigenvalue weighted by Gasteiger charge is 2.42. The molecule has 0 radical (unpaired) electrons. The molecular formula is C49H62O4. The Morgan fingerprint density at radius 2 is 0.604 bits per heavy atom. The van der Waals surface area contributed by atoms with Crippen LogP contribution in [0.4, 0.5) is 0 Å². The van der Waals surface area contributed by atoms with Crippen LogP contribution in [0.2, 0.25) is 0 Å². The molecule has 4 saturated carbocycles. The van der Waals surface area contributed by atoms with Crippen LogP contribution in [0.25, 0.3) is 0 Å². The van der Waals surface area contributed by atoms with Crippen LogP contribution in [0, 0.1) is 29.6 Å². The van der Waals surface area contributed by atoms with E-state index in [9.17, 15) is 20.4 Å². The Morgan fingerprint density at radius 1 is 0.340 bits per heavy atom. The van der Waals surface area contributed by atoms with Crippen LogP contribution in [0.3, 0.4) is 0 Å². The normalized spacial score (nSPS) is 23.8. The van der Waals surface area contributed by atoms with E-state index in [1.807, 2.05) is 48.5 Å². The van der Waals surface area contributed by atoms with Gasteiger partial charge in [-0.3, -0.25) is 0 Å². The summed E-state index contributed by atoms with van der Waals surface area (Å²) in [5.41, 5.74) is 5.18. The van der Waals surface area contributed by atoms with Crippen LogP contribution in [0.15, 0.2) is 97.1 Å². The van der Waals surface area contributed by atoms with E-state index in [1.54, 1.807) is 0 Å². The summed E-state index contributed by atoms with van der Waals surface area (Å²) >= 11 is 0. The first-order valence-electron chi connectivity index (χ1n) is 20.9. The minimum absolute atomic E-state index is 0.000140. The SMILES string of the molecule is C[C@H]1CC[C@H](C2CCC(c3ccc(O)cc3)(c3ccc(O)cc3)CC2)CC1.Oc1ccc(C2(c3ccc(O)cc3)CCC(C3CCCCC3)CC2)cc1. The molecule has 53 heavy (non-hydrogen) atoms. The molecule has 0 amide bonds. The van der Waals surface area contributed by atoms with Gasteiger partial charge in [0.1, 0.15) is 23.0 Å². The molecule has 4 aliphatic rings. The Hall–Kier alpha value is -3.92. The summed E-state index contributed by atoms with van der Waals surface area (Å²) in [7, 11) is 0. The zero-order valence-electron chi connectivity index (χ0n) is 31.9. The third-order valence-electron chi connectivity index (χ3n) is 14.5. The highest BCUT2D eigenvalue weighted by Crippen LogP contribution is 2.52. The highest BCUT2D eigenvalue weighted by atomic mass is 16.3. The van der Waals surface area contributed by atoms with Crippen molar-refractivity contribution >= 4 is 0 Å². The Bertz CT molecular complexity index is 1600. The average Bonchev–Trinajstić information content (AvgIpc) is 3.20.